The van der Waals surface area contributed by atoms with Gasteiger partial charge in [-0.05, 0) is 19.1 Å². The quantitative estimate of drug-likeness (QED) is 0.776. The lowest BCUT2D eigenvalue weighted by Gasteiger charge is -2.15. The maximum Gasteiger partial charge on any atom is 0.261 e. The number of carbonyl (C=O) groups is 2. The molecule has 2 rings (SSSR count). The Morgan fingerprint density at radius 3 is 2.81 bits per heavy atom. The van der Waals surface area contributed by atoms with Gasteiger partial charge < -0.3 is 15.2 Å². The monoisotopic (exact) mass is 288 g/mol. The first kappa shape index (κ1) is 14.7. The van der Waals surface area contributed by atoms with Crippen LogP contribution in [0.4, 0.5) is 0 Å². The van der Waals surface area contributed by atoms with Crippen LogP contribution in [0.5, 0.6) is 0 Å². The molecule has 0 aliphatic heterocycles. The van der Waals surface area contributed by atoms with E-state index in [1.54, 1.807) is 31.2 Å². The Hall–Kier alpha value is -2.70. The van der Waals surface area contributed by atoms with E-state index in [0.29, 0.717) is 10.9 Å². The highest BCUT2D eigenvalue weighted by Gasteiger charge is 2.16. The number of carbonyl (C=O) groups excluding carboxylic acids is 2. The van der Waals surface area contributed by atoms with Crippen LogP contribution in [-0.4, -0.2) is 28.0 Å². The zero-order chi connectivity index (χ0) is 15.4. The van der Waals surface area contributed by atoms with Gasteiger partial charge in [0.1, 0.15) is 6.04 Å². The molecule has 0 aliphatic carbocycles. The molecule has 0 unspecified atom stereocenters. The molecule has 7 nitrogen and oxygen atoms in total. The number of nitrogens with zero attached hydrogens (tertiary/aromatic N) is 2. The minimum atomic E-state index is -1.24. The second-order valence-corrected chi connectivity index (χ2v) is 4.56. The highest BCUT2D eigenvalue weighted by molar-refractivity contribution is 5.81. The van der Waals surface area contributed by atoms with Crippen molar-refractivity contribution >= 4 is 22.8 Å². The van der Waals surface area contributed by atoms with Gasteiger partial charge in [0, 0.05) is 18.9 Å². The minimum Gasteiger partial charge on any atom is -0.550 e. The second kappa shape index (κ2) is 6.17. The zero-order valence-electron chi connectivity index (χ0n) is 11.4. The number of rotatable bonds is 5. The van der Waals surface area contributed by atoms with Crippen LogP contribution in [0.15, 0.2) is 35.4 Å². The van der Waals surface area contributed by atoms with Gasteiger partial charge in [-0.3, -0.25) is 14.2 Å². The number of benzene rings is 1. The lowest BCUT2D eigenvalue weighted by Crippen LogP contribution is -2.38. The lowest BCUT2D eigenvalue weighted by molar-refractivity contribution is -0.305. The van der Waals surface area contributed by atoms with E-state index in [1.165, 1.54) is 10.9 Å². The highest BCUT2D eigenvalue weighted by atomic mass is 16.4. The van der Waals surface area contributed by atoms with Gasteiger partial charge in [0.05, 0.1) is 17.2 Å². The largest absolute Gasteiger partial charge is 0.550 e. The molecule has 2 aromatic rings. The van der Waals surface area contributed by atoms with Crippen LogP contribution >= 0.6 is 0 Å². The van der Waals surface area contributed by atoms with E-state index in [1.807, 2.05) is 0 Å². The van der Waals surface area contributed by atoms with E-state index >= 15 is 0 Å². The summed E-state index contributed by atoms with van der Waals surface area (Å²) in [5.41, 5.74) is 0.242. The van der Waals surface area contributed by atoms with Crippen LogP contribution in [0, 0.1) is 0 Å². The third-order valence-electron chi connectivity index (χ3n) is 3.12. The fourth-order valence-corrected chi connectivity index (χ4v) is 1.92. The summed E-state index contributed by atoms with van der Waals surface area (Å²) in [6.07, 6.45) is 1.04. The van der Waals surface area contributed by atoms with Crippen molar-refractivity contribution in [2.75, 3.05) is 6.54 Å². The molecule has 1 N–H and O–H groups in total. The number of hydrogen-bond donors (Lipinski definition) is 1. The van der Waals surface area contributed by atoms with E-state index in [-0.39, 0.29) is 18.5 Å². The molecule has 0 radical (unpaired) electrons. The number of carboxylic acids is 1. The van der Waals surface area contributed by atoms with Gasteiger partial charge in [-0.2, -0.15) is 0 Å². The smallest absolute Gasteiger partial charge is 0.261 e. The molecule has 21 heavy (non-hydrogen) atoms. The van der Waals surface area contributed by atoms with E-state index < -0.39 is 17.9 Å². The number of para-hydroxylation sites is 1. The van der Waals surface area contributed by atoms with Crippen molar-refractivity contribution < 1.29 is 14.7 Å². The number of aliphatic carboxylic acids is 1. The van der Waals surface area contributed by atoms with Gasteiger partial charge in [-0.1, -0.05) is 12.1 Å². The molecule has 0 saturated carbocycles. The Morgan fingerprint density at radius 1 is 1.38 bits per heavy atom. The van der Waals surface area contributed by atoms with E-state index in [0.717, 1.165) is 0 Å². The summed E-state index contributed by atoms with van der Waals surface area (Å²) in [4.78, 5) is 38.6. The van der Waals surface area contributed by atoms with Crippen molar-refractivity contribution in [3.8, 4) is 0 Å². The molecule has 7 heteroatoms. The number of hydrogen-bond acceptors (Lipinski definition) is 5. The van der Waals surface area contributed by atoms with E-state index in [4.69, 9.17) is 0 Å². The van der Waals surface area contributed by atoms with Gasteiger partial charge in [0.15, 0.2) is 0 Å². The van der Waals surface area contributed by atoms with Gasteiger partial charge in [0.2, 0.25) is 5.91 Å². The molecule has 1 heterocycles. The summed E-state index contributed by atoms with van der Waals surface area (Å²) in [5, 5.41) is 13.2. The molecule has 0 saturated heterocycles. The van der Waals surface area contributed by atoms with Gasteiger partial charge in [-0.15, -0.1) is 0 Å². The molecule has 110 valence electrons. The van der Waals surface area contributed by atoms with Crippen molar-refractivity contribution in [3.63, 3.8) is 0 Å². The number of fused-ring (bicyclic) bond motifs is 1. The molecule has 1 atom stereocenters. The van der Waals surface area contributed by atoms with Crippen molar-refractivity contribution in [2.24, 2.45) is 0 Å². The van der Waals surface area contributed by atoms with Crippen LogP contribution in [0.3, 0.4) is 0 Å². The number of amides is 1. The van der Waals surface area contributed by atoms with Crippen LogP contribution < -0.4 is 16.0 Å². The van der Waals surface area contributed by atoms with Crippen molar-refractivity contribution in [2.45, 2.75) is 19.4 Å². The second-order valence-electron chi connectivity index (χ2n) is 4.56. The molecule has 1 aromatic carbocycles. The SMILES string of the molecule is C[C@@H](C(=O)NCCC(=O)[O-])n1cnc2ccccc2c1=O. The maximum absolute atomic E-state index is 12.3. The fraction of sp³-hybridized carbons (Fsp3) is 0.286. The molecule has 1 amide bonds. The summed E-state index contributed by atoms with van der Waals surface area (Å²) < 4.78 is 1.22. The molecule has 1 aromatic heterocycles. The van der Waals surface area contributed by atoms with Crippen molar-refractivity contribution in [1.82, 2.24) is 14.9 Å². The van der Waals surface area contributed by atoms with Crippen molar-refractivity contribution in [1.29, 1.82) is 0 Å². The highest BCUT2D eigenvalue weighted by Crippen LogP contribution is 2.08. The summed E-state index contributed by atoms with van der Waals surface area (Å²) >= 11 is 0. The van der Waals surface area contributed by atoms with Crippen LogP contribution in [-0.2, 0) is 9.59 Å². The molecular weight excluding hydrogens is 274 g/mol. The van der Waals surface area contributed by atoms with Gasteiger partial charge in [-0.25, -0.2) is 4.98 Å². The first-order valence-corrected chi connectivity index (χ1v) is 6.44. The first-order chi connectivity index (χ1) is 10.0. The third kappa shape index (κ3) is 3.25. The average Bonchev–Trinajstić information content (AvgIpc) is 2.47. The standard InChI is InChI=1S/C14H15N3O4/c1-9(13(20)15-7-6-12(18)19)17-8-16-11-5-3-2-4-10(11)14(17)21/h2-5,8-9H,6-7H2,1H3,(H,15,20)(H,18,19)/p-1/t9-/m0/s1. The van der Waals surface area contributed by atoms with Gasteiger partial charge >= 0.3 is 0 Å². The summed E-state index contributed by atoms with van der Waals surface area (Å²) in [6, 6.07) is 6.07. The van der Waals surface area contributed by atoms with Gasteiger partial charge in [0.25, 0.3) is 5.56 Å². The first-order valence-electron chi connectivity index (χ1n) is 6.44. The van der Waals surface area contributed by atoms with Crippen LogP contribution in [0.25, 0.3) is 10.9 Å². The summed E-state index contributed by atoms with van der Waals surface area (Å²) in [7, 11) is 0. The van der Waals surface area contributed by atoms with Crippen LogP contribution in [0.1, 0.15) is 19.4 Å². The molecule has 0 bridgehead atoms. The minimum absolute atomic E-state index is 0.0404. The Morgan fingerprint density at radius 2 is 2.10 bits per heavy atom. The molecule has 0 spiro atoms. The Labute approximate surface area is 120 Å². The molecular formula is C14H14N3O4-. The zero-order valence-corrected chi connectivity index (χ0v) is 11.4. The number of aromatic nitrogens is 2. The van der Waals surface area contributed by atoms with Crippen LogP contribution in [0.2, 0.25) is 0 Å². The number of carboxylic acid groups (broad SMARTS) is 1. The predicted octanol–water partition coefficient (Wildman–Crippen LogP) is -0.786. The van der Waals surface area contributed by atoms with E-state index in [2.05, 4.69) is 10.3 Å². The fourth-order valence-electron chi connectivity index (χ4n) is 1.92. The maximum atomic E-state index is 12.3. The Kier molecular flexibility index (Phi) is 4.32. The summed E-state index contributed by atoms with van der Waals surface area (Å²) in [6.45, 7) is 1.51. The lowest BCUT2D eigenvalue weighted by atomic mass is 10.2. The third-order valence-corrected chi connectivity index (χ3v) is 3.12. The normalized spacial score (nSPS) is 12.0. The Balaban J connectivity index is 2.21. The molecule has 0 aliphatic rings. The number of nitrogens with one attached hydrogen (secondary N) is 1. The topological polar surface area (TPSA) is 104 Å². The van der Waals surface area contributed by atoms with Crippen molar-refractivity contribution in [3.05, 3.63) is 40.9 Å². The van der Waals surface area contributed by atoms with E-state index in [9.17, 15) is 19.5 Å². The predicted molar refractivity (Wildman–Crippen MR) is 73.3 cm³/mol. The molecule has 0 fully saturated rings. The Bertz CT molecular complexity index is 738. The average molecular weight is 288 g/mol. The summed E-state index contributed by atoms with van der Waals surface area (Å²) in [5.74, 6) is -1.69.